The average Bonchev–Trinajstić information content (AvgIpc) is 3.12. The predicted molar refractivity (Wildman–Crippen MR) is 90.7 cm³/mol. The molecule has 1 atom stereocenters. The first-order chi connectivity index (χ1) is 11.6. The van der Waals surface area contributed by atoms with E-state index in [0.717, 1.165) is 25.9 Å². The molecular formula is C16H23N3O4S. The van der Waals surface area contributed by atoms with Crippen LogP contribution in [0.4, 0.5) is 9.93 Å². The highest BCUT2D eigenvalue weighted by Crippen LogP contribution is 2.29. The Bertz CT molecular complexity index is 612. The molecule has 0 saturated carbocycles. The van der Waals surface area contributed by atoms with Crippen molar-refractivity contribution in [2.24, 2.45) is 0 Å². The van der Waals surface area contributed by atoms with Crippen LogP contribution in [0.5, 0.6) is 0 Å². The van der Waals surface area contributed by atoms with Gasteiger partial charge in [-0.2, -0.15) is 0 Å². The molecule has 0 radical (unpaired) electrons. The van der Waals surface area contributed by atoms with Crippen LogP contribution in [0.25, 0.3) is 0 Å². The summed E-state index contributed by atoms with van der Waals surface area (Å²) in [6.07, 6.45) is 3.40. The molecule has 0 bridgehead atoms. The highest BCUT2D eigenvalue weighted by molar-refractivity contribution is 7.17. The van der Waals surface area contributed by atoms with Gasteiger partial charge >= 0.3 is 12.0 Å². The molecule has 132 valence electrons. The van der Waals surface area contributed by atoms with E-state index in [1.165, 1.54) is 11.3 Å². The maximum absolute atomic E-state index is 12.6. The van der Waals surface area contributed by atoms with E-state index in [4.69, 9.17) is 9.47 Å². The molecule has 0 spiro atoms. The summed E-state index contributed by atoms with van der Waals surface area (Å²) >= 11 is 1.22. The lowest BCUT2D eigenvalue weighted by atomic mass is 10.1. The highest BCUT2D eigenvalue weighted by atomic mass is 32.1. The van der Waals surface area contributed by atoms with Gasteiger partial charge in [-0.1, -0.05) is 11.3 Å². The van der Waals surface area contributed by atoms with E-state index < -0.39 is 0 Å². The van der Waals surface area contributed by atoms with Crippen LogP contribution in [0, 0.1) is 6.92 Å². The van der Waals surface area contributed by atoms with E-state index in [9.17, 15) is 9.59 Å². The monoisotopic (exact) mass is 353 g/mol. The van der Waals surface area contributed by atoms with Crippen LogP contribution in [0.3, 0.4) is 0 Å². The number of aryl methyl sites for hydroxylation is 1. The Hall–Kier alpha value is -1.67. The minimum atomic E-state index is -0.377. The number of aromatic nitrogens is 1. The normalized spacial score (nSPS) is 21.4. The molecule has 2 fully saturated rings. The Morgan fingerprint density at radius 2 is 2.25 bits per heavy atom. The zero-order chi connectivity index (χ0) is 17.1. The zero-order valence-corrected chi connectivity index (χ0v) is 14.9. The molecular weight excluding hydrogens is 330 g/mol. The average molecular weight is 353 g/mol. The van der Waals surface area contributed by atoms with Crippen molar-refractivity contribution in [3.05, 3.63) is 10.6 Å². The Balaban J connectivity index is 1.66. The minimum absolute atomic E-state index is 0.0617. The summed E-state index contributed by atoms with van der Waals surface area (Å²) in [6.45, 7) is 6.51. The lowest BCUT2D eigenvalue weighted by Crippen LogP contribution is -2.39. The van der Waals surface area contributed by atoms with Gasteiger partial charge in [-0.25, -0.2) is 14.6 Å². The number of rotatable bonds is 5. The number of carbonyl (C=O) groups excluding carboxylic acids is 2. The van der Waals surface area contributed by atoms with Gasteiger partial charge in [0.05, 0.1) is 18.4 Å². The van der Waals surface area contributed by atoms with Crippen LogP contribution in [-0.2, 0) is 9.47 Å². The molecule has 0 aliphatic carbocycles. The van der Waals surface area contributed by atoms with Crippen LogP contribution in [0.2, 0.25) is 0 Å². The van der Waals surface area contributed by atoms with Gasteiger partial charge in [0.15, 0.2) is 5.13 Å². The summed E-state index contributed by atoms with van der Waals surface area (Å²) < 4.78 is 10.8. The lowest BCUT2D eigenvalue weighted by molar-refractivity contribution is 0.00338. The van der Waals surface area contributed by atoms with E-state index in [-0.39, 0.29) is 18.1 Å². The molecule has 1 aromatic rings. The Morgan fingerprint density at radius 1 is 1.42 bits per heavy atom. The van der Waals surface area contributed by atoms with Crippen molar-refractivity contribution in [2.45, 2.75) is 39.2 Å². The third-order valence-electron chi connectivity index (χ3n) is 4.27. The Labute approximate surface area is 145 Å². The number of hydrogen-bond acceptors (Lipinski definition) is 6. The number of esters is 1. The third kappa shape index (κ3) is 3.54. The van der Waals surface area contributed by atoms with E-state index in [0.29, 0.717) is 41.9 Å². The number of nitrogens with zero attached hydrogens (tertiary/aromatic N) is 3. The number of urea groups is 1. The first kappa shape index (κ1) is 17.2. The number of amides is 2. The largest absolute Gasteiger partial charge is 0.462 e. The minimum Gasteiger partial charge on any atom is -0.462 e. The number of anilines is 1. The van der Waals surface area contributed by atoms with Crippen LogP contribution in [0.1, 0.15) is 41.6 Å². The lowest BCUT2D eigenvalue weighted by Gasteiger charge is -2.27. The van der Waals surface area contributed by atoms with Crippen LogP contribution in [0.15, 0.2) is 0 Å². The molecule has 8 heteroatoms. The van der Waals surface area contributed by atoms with Gasteiger partial charge in [-0.3, -0.25) is 4.90 Å². The van der Waals surface area contributed by atoms with E-state index in [1.54, 1.807) is 18.7 Å². The standard InChI is InChI=1S/C16H23N3O4S/c1-3-22-14(20)13-11(2)17-15(24-13)19-8-7-18(16(19)21)10-12-6-4-5-9-23-12/h12H,3-10H2,1-2H3. The van der Waals surface area contributed by atoms with Crippen molar-refractivity contribution in [1.29, 1.82) is 0 Å². The molecule has 2 aliphatic rings. The van der Waals surface area contributed by atoms with Gasteiger partial charge in [0.2, 0.25) is 0 Å². The fourth-order valence-corrected chi connectivity index (χ4v) is 3.99. The summed E-state index contributed by atoms with van der Waals surface area (Å²) in [7, 11) is 0. The summed E-state index contributed by atoms with van der Waals surface area (Å²) in [5.41, 5.74) is 0.607. The number of carbonyl (C=O) groups is 2. The van der Waals surface area contributed by atoms with Crippen molar-refractivity contribution in [1.82, 2.24) is 9.88 Å². The highest BCUT2D eigenvalue weighted by Gasteiger charge is 2.34. The van der Waals surface area contributed by atoms with Crippen LogP contribution in [-0.4, -0.2) is 60.8 Å². The second-order valence-electron chi connectivity index (χ2n) is 6.00. The second kappa shape index (κ2) is 7.48. The molecule has 2 saturated heterocycles. The maximum Gasteiger partial charge on any atom is 0.350 e. The molecule has 2 aliphatic heterocycles. The molecule has 2 amide bonds. The summed E-state index contributed by atoms with van der Waals surface area (Å²) in [5, 5.41) is 0.563. The van der Waals surface area contributed by atoms with Gasteiger partial charge in [0.25, 0.3) is 0 Å². The molecule has 3 rings (SSSR count). The van der Waals surface area contributed by atoms with E-state index in [2.05, 4.69) is 4.98 Å². The van der Waals surface area contributed by atoms with Gasteiger partial charge in [0, 0.05) is 26.2 Å². The van der Waals surface area contributed by atoms with Crippen LogP contribution < -0.4 is 4.90 Å². The van der Waals surface area contributed by atoms with Crippen molar-refractivity contribution in [2.75, 3.05) is 37.7 Å². The summed E-state index contributed by atoms with van der Waals surface area (Å²) in [5.74, 6) is -0.377. The van der Waals surface area contributed by atoms with Crippen molar-refractivity contribution in [3.8, 4) is 0 Å². The Kier molecular flexibility index (Phi) is 5.35. The summed E-state index contributed by atoms with van der Waals surface area (Å²) in [4.78, 5) is 32.9. The van der Waals surface area contributed by atoms with Crippen molar-refractivity contribution >= 4 is 28.5 Å². The molecule has 7 nitrogen and oxygen atoms in total. The molecule has 1 aromatic heterocycles. The van der Waals surface area contributed by atoms with Gasteiger partial charge in [0.1, 0.15) is 4.88 Å². The smallest absolute Gasteiger partial charge is 0.350 e. The first-order valence-electron chi connectivity index (χ1n) is 8.42. The number of thiazole rings is 1. The quantitative estimate of drug-likeness (QED) is 0.760. The number of ether oxygens (including phenoxy) is 2. The molecule has 0 N–H and O–H groups in total. The van der Waals surface area contributed by atoms with Crippen LogP contribution >= 0.6 is 11.3 Å². The Morgan fingerprint density at radius 3 is 2.96 bits per heavy atom. The summed E-state index contributed by atoms with van der Waals surface area (Å²) in [6, 6.07) is -0.0617. The van der Waals surface area contributed by atoms with Gasteiger partial charge in [-0.15, -0.1) is 0 Å². The molecule has 24 heavy (non-hydrogen) atoms. The van der Waals surface area contributed by atoms with Gasteiger partial charge in [-0.05, 0) is 33.1 Å². The predicted octanol–water partition coefficient (Wildman–Crippen LogP) is 2.44. The first-order valence-corrected chi connectivity index (χ1v) is 9.24. The second-order valence-corrected chi connectivity index (χ2v) is 6.98. The molecule has 1 unspecified atom stereocenters. The fraction of sp³-hybridized carbons (Fsp3) is 0.688. The van der Waals surface area contributed by atoms with Crippen molar-refractivity contribution in [3.63, 3.8) is 0 Å². The fourth-order valence-electron chi connectivity index (χ4n) is 3.01. The topological polar surface area (TPSA) is 72.0 Å². The third-order valence-corrected chi connectivity index (χ3v) is 5.43. The zero-order valence-electron chi connectivity index (χ0n) is 14.1. The molecule has 3 heterocycles. The van der Waals surface area contributed by atoms with E-state index >= 15 is 0 Å². The van der Waals surface area contributed by atoms with Crippen molar-refractivity contribution < 1.29 is 19.1 Å². The SMILES string of the molecule is CCOC(=O)c1sc(N2CCN(CC3CCCCO3)C2=O)nc1C. The maximum atomic E-state index is 12.6. The van der Waals surface area contributed by atoms with E-state index in [1.807, 2.05) is 4.90 Å². The number of hydrogen-bond donors (Lipinski definition) is 0. The van der Waals surface area contributed by atoms with Gasteiger partial charge < -0.3 is 14.4 Å². The molecule has 0 aromatic carbocycles.